The molecule has 3 rings (SSSR count). The monoisotopic (exact) mass is 397 g/mol. The third-order valence-corrected chi connectivity index (χ3v) is 5.21. The Kier molecular flexibility index (Phi) is 7.47. The van der Waals surface area contributed by atoms with Crippen molar-refractivity contribution in [2.24, 2.45) is 11.8 Å². The number of benzene rings is 1. The first-order valence-corrected chi connectivity index (χ1v) is 10.4. The Hall–Kier alpha value is -2.60. The first-order valence-electron chi connectivity index (χ1n) is 10.4. The van der Waals surface area contributed by atoms with Gasteiger partial charge >= 0.3 is 0 Å². The lowest BCUT2D eigenvalue weighted by Crippen LogP contribution is -2.38. The predicted octanol–water partition coefficient (Wildman–Crippen LogP) is 3.00. The maximum Gasteiger partial charge on any atom is 0.257 e. The van der Waals surface area contributed by atoms with Crippen molar-refractivity contribution in [1.82, 2.24) is 10.2 Å². The average Bonchev–Trinajstić information content (AvgIpc) is 2.68. The number of carbonyl (C=O) groups is 1. The molecule has 1 aromatic heterocycles. The van der Waals surface area contributed by atoms with Crippen LogP contribution < -0.4 is 14.8 Å². The molecule has 1 aliphatic heterocycles. The number of likely N-dealkylation sites (tertiary alicyclic amines) is 1. The lowest BCUT2D eigenvalue weighted by Gasteiger charge is -2.35. The van der Waals surface area contributed by atoms with Gasteiger partial charge in [0.25, 0.3) is 5.91 Å². The third kappa shape index (κ3) is 6.46. The van der Waals surface area contributed by atoms with E-state index in [0.717, 1.165) is 37.2 Å². The van der Waals surface area contributed by atoms with E-state index in [-0.39, 0.29) is 5.91 Å². The number of ether oxygens (including phenoxy) is 1. The third-order valence-electron chi connectivity index (χ3n) is 5.21. The average molecular weight is 398 g/mol. The minimum atomic E-state index is -0.246. The van der Waals surface area contributed by atoms with Crippen LogP contribution in [0.3, 0.4) is 0 Å². The molecule has 0 spiro atoms. The topological polar surface area (TPSA) is 68.5 Å². The molecular formula is C23H31N3O3. The van der Waals surface area contributed by atoms with E-state index in [1.165, 1.54) is 24.4 Å². The fourth-order valence-corrected chi connectivity index (χ4v) is 4.08. The molecule has 2 atom stereocenters. The van der Waals surface area contributed by atoms with E-state index < -0.39 is 0 Å². The van der Waals surface area contributed by atoms with E-state index in [2.05, 4.69) is 36.2 Å². The quantitative estimate of drug-likeness (QED) is 0.422. The summed E-state index contributed by atoms with van der Waals surface area (Å²) in [5.41, 5.74) is 1.57. The first-order chi connectivity index (χ1) is 14.0. The summed E-state index contributed by atoms with van der Waals surface area (Å²) in [7, 11) is 0. The van der Waals surface area contributed by atoms with Gasteiger partial charge in [0.15, 0.2) is 12.4 Å². The second-order valence-corrected chi connectivity index (χ2v) is 8.16. The second kappa shape index (κ2) is 10.3. The van der Waals surface area contributed by atoms with Crippen molar-refractivity contribution >= 4 is 5.91 Å². The van der Waals surface area contributed by atoms with E-state index in [1.807, 2.05) is 12.1 Å². The van der Waals surface area contributed by atoms with Gasteiger partial charge in [-0.3, -0.25) is 9.69 Å². The van der Waals surface area contributed by atoms with Gasteiger partial charge in [-0.2, -0.15) is 4.73 Å². The Morgan fingerprint density at radius 3 is 2.72 bits per heavy atom. The Labute approximate surface area is 173 Å². The van der Waals surface area contributed by atoms with E-state index in [1.54, 1.807) is 12.1 Å². The van der Waals surface area contributed by atoms with Gasteiger partial charge in [0.1, 0.15) is 11.3 Å². The van der Waals surface area contributed by atoms with Crippen molar-refractivity contribution < 1.29 is 14.3 Å². The van der Waals surface area contributed by atoms with Crippen LogP contribution in [0.25, 0.3) is 0 Å². The van der Waals surface area contributed by atoms with E-state index in [0.29, 0.717) is 29.9 Å². The minimum Gasteiger partial charge on any atom is -0.619 e. The molecule has 0 aliphatic carbocycles. The van der Waals surface area contributed by atoms with Crippen LogP contribution in [-0.2, 0) is 6.54 Å². The molecule has 1 aromatic carbocycles. The smallest absolute Gasteiger partial charge is 0.257 e. The van der Waals surface area contributed by atoms with Crippen LogP contribution in [0.2, 0.25) is 0 Å². The number of para-hydroxylation sites is 1. The van der Waals surface area contributed by atoms with Crippen LogP contribution in [0.5, 0.6) is 5.75 Å². The molecule has 2 unspecified atom stereocenters. The van der Waals surface area contributed by atoms with E-state index in [4.69, 9.17) is 4.74 Å². The summed E-state index contributed by atoms with van der Waals surface area (Å²) in [4.78, 5) is 14.6. The van der Waals surface area contributed by atoms with Crippen LogP contribution in [0.1, 0.15) is 42.6 Å². The van der Waals surface area contributed by atoms with Gasteiger partial charge in [-0.1, -0.05) is 32.0 Å². The van der Waals surface area contributed by atoms with Crippen LogP contribution in [0.4, 0.5) is 0 Å². The molecule has 1 aliphatic rings. The standard InChI is InChI=1S/C23H31N3O3/c1-18-13-19(2)15-25(14-18)16-20-7-3-4-9-22(20)29-12-6-10-24-23(27)21-8-5-11-26(28)17-21/h3-5,7-9,11,17-19H,6,10,12-16H2,1-2H3,(H,24,27). The van der Waals surface area contributed by atoms with E-state index >= 15 is 0 Å². The molecule has 6 heteroatoms. The molecule has 6 nitrogen and oxygen atoms in total. The van der Waals surface area contributed by atoms with Gasteiger partial charge < -0.3 is 15.3 Å². The Balaban J connectivity index is 1.44. The van der Waals surface area contributed by atoms with Crippen molar-refractivity contribution in [1.29, 1.82) is 0 Å². The number of amides is 1. The summed E-state index contributed by atoms with van der Waals surface area (Å²) >= 11 is 0. The number of aromatic nitrogens is 1. The SMILES string of the molecule is CC1CC(C)CN(Cc2ccccc2OCCCNC(=O)c2ccc[n+]([O-])c2)C1. The molecule has 1 amide bonds. The van der Waals surface area contributed by atoms with Gasteiger partial charge in [-0.15, -0.1) is 0 Å². The molecule has 1 N–H and O–H groups in total. The normalized spacial score (nSPS) is 19.7. The van der Waals surface area contributed by atoms with Crippen molar-refractivity contribution in [2.45, 2.75) is 33.2 Å². The molecule has 1 saturated heterocycles. The van der Waals surface area contributed by atoms with Crippen LogP contribution in [0, 0.1) is 17.0 Å². The fraction of sp³-hybridized carbons (Fsp3) is 0.478. The number of nitrogens with one attached hydrogen (secondary N) is 1. The Morgan fingerprint density at radius 2 is 1.97 bits per heavy atom. The lowest BCUT2D eigenvalue weighted by atomic mass is 9.91. The molecule has 2 aromatic rings. The summed E-state index contributed by atoms with van der Waals surface area (Å²) < 4.78 is 6.63. The maximum atomic E-state index is 12.0. The summed E-state index contributed by atoms with van der Waals surface area (Å²) in [6.07, 6.45) is 4.62. The minimum absolute atomic E-state index is 0.246. The fourth-order valence-electron chi connectivity index (χ4n) is 4.08. The molecule has 156 valence electrons. The second-order valence-electron chi connectivity index (χ2n) is 8.16. The van der Waals surface area contributed by atoms with Gasteiger partial charge in [-0.25, -0.2) is 0 Å². The Bertz CT molecular complexity index is 801. The highest BCUT2D eigenvalue weighted by molar-refractivity contribution is 5.93. The van der Waals surface area contributed by atoms with Gasteiger partial charge in [0.2, 0.25) is 0 Å². The number of hydrogen-bond donors (Lipinski definition) is 1. The van der Waals surface area contributed by atoms with Gasteiger partial charge in [-0.05, 0) is 36.8 Å². The zero-order valence-corrected chi connectivity index (χ0v) is 17.3. The number of piperidine rings is 1. The zero-order valence-electron chi connectivity index (χ0n) is 17.3. The summed E-state index contributed by atoms with van der Waals surface area (Å²) in [5.74, 6) is 2.14. The van der Waals surface area contributed by atoms with Crippen molar-refractivity contribution in [2.75, 3.05) is 26.2 Å². The molecular weight excluding hydrogens is 366 g/mol. The summed E-state index contributed by atoms with van der Waals surface area (Å²) in [5, 5.41) is 14.1. The molecule has 2 heterocycles. The van der Waals surface area contributed by atoms with Crippen LogP contribution in [0.15, 0.2) is 48.8 Å². The molecule has 29 heavy (non-hydrogen) atoms. The lowest BCUT2D eigenvalue weighted by molar-refractivity contribution is -0.605. The van der Waals surface area contributed by atoms with Gasteiger partial charge in [0.05, 0.1) is 6.61 Å². The zero-order chi connectivity index (χ0) is 20.6. The highest BCUT2D eigenvalue weighted by Crippen LogP contribution is 2.25. The largest absolute Gasteiger partial charge is 0.619 e. The van der Waals surface area contributed by atoms with E-state index in [9.17, 15) is 10.0 Å². The number of carbonyl (C=O) groups excluding carboxylic acids is 1. The maximum absolute atomic E-state index is 12.0. The summed E-state index contributed by atoms with van der Waals surface area (Å²) in [6.45, 7) is 8.85. The highest BCUT2D eigenvalue weighted by atomic mass is 16.5. The number of rotatable bonds is 8. The van der Waals surface area contributed by atoms with Gasteiger partial charge in [0, 0.05) is 37.8 Å². The highest BCUT2D eigenvalue weighted by Gasteiger charge is 2.22. The number of hydrogen-bond acceptors (Lipinski definition) is 4. The molecule has 1 fully saturated rings. The van der Waals surface area contributed by atoms with Crippen molar-refractivity contribution in [3.8, 4) is 5.75 Å². The predicted molar refractivity (Wildman–Crippen MR) is 113 cm³/mol. The summed E-state index contributed by atoms with van der Waals surface area (Å²) in [6, 6.07) is 11.4. The molecule has 0 bridgehead atoms. The number of pyridine rings is 1. The van der Waals surface area contributed by atoms with Crippen LogP contribution >= 0.6 is 0 Å². The number of nitrogens with zero attached hydrogens (tertiary/aromatic N) is 2. The van der Waals surface area contributed by atoms with Crippen molar-refractivity contribution in [3.63, 3.8) is 0 Å². The van der Waals surface area contributed by atoms with Crippen LogP contribution in [-0.4, -0.2) is 37.0 Å². The molecule has 0 saturated carbocycles. The Morgan fingerprint density at radius 1 is 1.21 bits per heavy atom. The van der Waals surface area contributed by atoms with Crippen molar-refractivity contribution in [3.05, 3.63) is 65.1 Å². The first kappa shape index (κ1) is 21.1. The molecule has 0 radical (unpaired) electrons.